The van der Waals surface area contributed by atoms with Gasteiger partial charge in [-0.25, -0.2) is 4.79 Å². The van der Waals surface area contributed by atoms with Crippen molar-refractivity contribution in [1.29, 1.82) is 0 Å². The number of nitrogens with zero attached hydrogens (tertiary/aromatic N) is 4. The third-order valence-corrected chi connectivity index (χ3v) is 5.41. The molecule has 0 unspecified atom stereocenters. The molecule has 2 N–H and O–H groups in total. The van der Waals surface area contributed by atoms with Crippen molar-refractivity contribution in [3.05, 3.63) is 92.3 Å². The molecule has 11 nitrogen and oxygen atoms in total. The summed E-state index contributed by atoms with van der Waals surface area (Å²) in [6.45, 7) is 0. The molecule has 3 aromatic carbocycles. The van der Waals surface area contributed by atoms with Crippen molar-refractivity contribution >= 4 is 40.7 Å². The summed E-state index contributed by atoms with van der Waals surface area (Å²) >= 11 is 1.15. The van der Waals surface area contributed by atoms with E-state index in [1.165, 1.54) is 55.6 Å². The zero-order chi connectivity index (χ0) is 24.0. The van der Waals surface area contributed by atoms with Gasteiger partial charge in [-0.3, -0.25) is 14.9 Å². The van der Waals surface area contributed by atoms with E-state index in [1.54, 1.807) is 12.1 Å². The first kappa shape index (κ1) is 23.1. The van der Waals surface area contributed by atoms with Crippen molar-refractivity contribution in [3.63, 3.8) is 0 Å². The number of hydrogen-bond donors (Lipinski definition) is 2. The summed E-state index contributed by atoms with van der Waals surface area (Å²) < 4.78 is 5.19. The molecule has 0 spiro atoms. The van der Waals surface area contributed by atoms with Crippen LogP contribution in [0.4, 0.5) is 17.1 Å². The van der Waals surface area contributed by atoms with Gasteiger partial charge >= 0.3 is 5.97 Å². The second kappa shape index (κ2) is 10.2. The van der Waals surface area contributed by atoms with Gasteiger partial charge in [0, 0.05) is 32.5 Å². The maximum atomic E-state index is 13.0. The number of carbonyl (C=O) groups is 2. The summed E-state index contributed by atoms with van der Waals surface area (Å²) in [5.74, 6) is -1.49. The molecule has 3 aromatic rings. The summed E-state index contributed by atoms with van der Waals surface area (Å²) in [7, 11) is 1.35. The molecule has 0 aliphatic carbocycles. The van der Waals surface area contributed by atoms with E-state index in [-0.39, 0.29) is 33.9 Å². The summed E-state index contributed by atoms with van der Waals surface area (Å²) in [4.78, 5) is 38.4. The number of ether oxygens (including phenoxy) is 1. The lowest BCUT2D eigenvalue weighted by Gasteiger charge is -2.13. The number of nitrogens with one attached hydrogen (secondary N) is 1. The van der Waals surface area contributed by atoms with Crippen LogP contribution in [-0.2, 0) is 0 Å². The number of amides is 1. The topological polar surface area (TPSA) is 168 Å². The standard InChI is InChI=1S/C21H15N5O6S/c1-32-18-10-12(21(28)29)2-9-17(18)23-20(27)16-8-3-13(24-25-22)11-19(16)33-15-6-4-14(5-7-15)26(30)31/h2-11H,1H3,(H,23,27)(H,28,29). The Hall–Kier alpha value is -4.54. The second-order valence-corrected chi connectivity index (χ2v) is 7.51. The van der Waals surface area contributed by atoms with Gasteiger partial charge in [0.05, 0.1) is 28.8 Å². The van der Waals surface area contributed by atoms with Gasteiger partial charge in [-0.05, 0) is 48.0 Å². The van der Waals surface area contributed by atoms with Crippen molar-refractivity contribution in [3.8, 4) is 5.75 Å². The molecular formula is C21H15N5O6S. The number of carboxylic acids is 1. The first-order chi connectivity index (χ1) is 15.8. The monoisotopic (exact) mass is 465 g/mol. The number of methoxy groups -OCH3 is 1. The first-order valence-corrected chi connectivity index (χ1v) is 9.98. The average Bonchev–Trinajstić information content (AvgIpc) is 2.80. The Morgan fingerprint density at radius 3 is 2.48 bits per heavy atom. The van der Waals surface area contributed by atoms with Crippen LogP contribution >= 0.6 is 11.8 Å². The van der Waals surface area contributed by atoms with E-state index in [1.807, 2.05) is 0 Å². The number of hydrogen-bond acceptors (Lipinski definition) is 7. The number of rotatable bonds is 8. The van der Waals surface area contributed by atoms with Gasteiger partial charge in [0.25, 0.3) is 11.6 Å². The quantitative estimate of drug-likeness (QED) is 0.142. The average molecular weight is 465 g/mol. The molecule has 0 bridgehead atoms. The number of benzene rings is 3. The van der Waals surface area contributed by atoms with Crippen LogP contribution in [0.1, 0.15) is 20.7 Å². The highest BCUT2D eigenvalue weighted by molar-refractivity contribution is 7.99. The van der Waals surface area contributed by atoms with E-state index in [0.717, 1.165) is 11.8 Å². The normalized spacial score (nSPS) is 10.1. The number of anilines is 1. The SMILES string of the molecule is COc1cc(C(=O)O)ccc1NC(=O)c1ccc(N=[N+]=[N-])cc1Sc1ccc([N+](=O)[O-])cc1. The molecule has 0 saturated carbocycles. The van der Waals surface area contributed by atoms with Gasteiger partial charge in [0.1, 0.15) is 5.75 Å². The van der Waals surface area contributed by atoms with Crippen LogP contribution < -0.4 is 10.1 Å². The number of non-ortho nitro benzene ring substituents is 1. The summed E-state index contributed by atoms with van der Waals surface area (Å²) in [6.07, 6.45) is 0. The van der Waals surface area contributed by atoms with Crippen molar-refractivity contribution < 1.29 is 24.4 Å². The number of carboxylic acid groups (broad SMARTS) is 1. The molecule has 3 rings (SSSR count). The van der Waals surface area contributed by atoms with Crippen LogP contribution in [0.2, 0.25) is 0 Å². The zero-order valence-corrected chi connectivity index (χ0v) is 17.8. The summed E-state index contributed by atoms with van der Waals surface area (Å²) in [5, 5.41) is 26.2. The highest BCUT2D eigenvalue weighted by atomic mass is 32.2. The molecule has 0 aromatic heterocycles. The van der Waals surface area contributed by atoms with E-state index < -0.39 is 16.8 Å². The smallest absolute Gasteiger partial charge is 0.335 e. The molecule has 0 heterocycles. The van der Waals surface area contributed by atoms with E-state index in [9.17, 15) is 19.7 Å². The fraction of sp³-hybridized carbons (Fsp3) is 0.0476. The molecule has 0 atom stereocenters. The van der Waals surface area contributed by atoms with Gasteiger partial charge in [-0.2, -0.15) is 0 Å². The van der Waals surface area contributed by atoms with Crippen LogP contribution in [0.3, 0.4) is 0 Å². The molecule has 1 amide bonds. The van der Waals surface area contributed by atoms with Crippen LogP contribution in [0, 0.1) is 10.1 Å². The lowest BCUT2D eigenvalue weighted by atomic mass is 10.1. The summed E-state index contributed by atoms with van der Waals surface area (Å²) in [5.41, 5.74) is 9.43. The van der Waals surface area contributed by atoms with Crippen molar-refractivity contribution in [2.45, 2.75) is 9.79 Å². The first-order valence-electron chi connectivity index (χ1n) is 9.16. The Kier molecular flexibility index (Phi) is 7.13. The Bertz CT molecular complexity index is 1290. The Labute approximate surface area is 190 Å². The number of nitro groups is 1. The Balaban J connectivity index is 1.95. The second-order valence-electron chi connectivity index (χ2n) is 6.40. The predicted molar refractivity (Wildman–Crippen MR) is 120 cm³/mol. The minimum Gasteiger partial charge on any atom is -0.495 e. The molecule has 0 aliphatic heterocycles. The maximum Gasteiger partial charge on any atom is 0.335 e. The minimum atomic E-state index is -1.14. The van der Waals surface area contributed by atoms with Crippen LogP contribution in [0.15, 0.2) is 75.6 Å². The minimum absolute atomic E-state index is 0.00187. The third-order valence-electron chi connectivity index (χ3n) is 4.34. The molecule has 0 saturated heterocycles. The fourth-order valence-corrected chi connectivity index (χ4v) is 3.75. The number of carbonyl (C=O) groups excluding carboxylic acids is 1. The van der Waals surface area contributed by atoms with Gasteiger partial charge in [-0.1, -0.05) is 22.9 Å². The molecule has 12 heteroatoms. The Morgan fingerprint density at radius 2 is 1.88 bits per heavy atom. The largest absolute Gasteiger partial charge is 0.495 e. The third kappa shape index (κ3) is 5.58. The predicted octanol–water partition coefficient (Wildman–Crippen LogP) is 5.65. The van der Waals surface area contributed by atoms with Crippen LogP contribution in [0.5, 0.6) is 5.75 Å². The van der Waals surface area contributed by atoms with Crippen LogP contribution in [-0.4, -0.2) is 29.0 Å². The fourth-order valence-electron chi connectivity index (χ4n) is 2.78. The molecule has 0 aliphatic rings. The van der Waals surface area contributed by atoms with Gasteiger partial charge in [-0.15, -0.1) is 0 Å². The van der Waals surface area contributed by atoms with Crippen molar-refractivity contribution in [2.24, 2.45) is 5.11 Å². The van der Waals surface area contributed by atoms with Crippen molar-refractivity contribution in [1.82, 2.24) is 0 Å². The molecule has 33 heavy (non-hydrogen) atoms. The highest BCUT2D eigenvalue weighted by Crippen LogP contribution is 2.35. The van der Waals surface area contributed by atoms with E-state index in [4.69, 9.17) is 15.4 Å². The molecular weight excluding hydrogens is 450 g/mol. The Morgan fingerprint density at radius 1 is 1.15 bits per heavy atom. The van der Waals surface area contributed by atoms with Gasteiger partial charge in [0.2, 0.25) is 0 Å². The van der Waals surface area contributed by atoms with Crippen LogP contribution in [0.25, 0.3) is 10.4 Å². The number of azide groups is 1. The van der Waals surface area contributed by atoms with Gasteiger partial charge in [0.15, 0.2) is 0 Å². The van der Waals surface area contributed by atoms with Crippen molar-refractivity contribution in [2.75, 3.05) is 12.4 Å². The van der Waals surface area contributed by atoms with E-state index in [0.29, 0.717) is 9.79 Å². The molecule has 166 valence electrons. The lowest BCUT2D eigenvalue weighted by molar-refractivity contribution is -0.384. The maximum absolute atomic E-state index is 13.0. The zero-order valence-electron chi connectivity index (χ0n) is 17.0. The highest BCUT2D eigenvalue weighted by Gasteiger charge is 2.17. The molecule has 0 fully saturated rings. The van der Waals surface area contributed by atoms with E-state index >= 15 is 0 Å². The van der Waals surface area contributed by atoms with Gasteiger partial charge < -0.3 is 15.2 Å². The summed E-state index contributed by atoms with van der Waals surface area (Å²) in [6, 6.07) is 14.3. The number of nitro benzene ring substituents is 1. The van der Waals surface area contributed by atoms with E-state index in [2.05, 4.69) is 15.3 Å². The number of aromatic carboxylic acids is 1. The molecule has 0 radical (unpaired) electrons. The lowest BCUT2D eigenvalue weighted by Crippen LogP contribution is -2.14.